The van der Waals surface area contributed by atoms with Crippen LogP contribution in [0.2, 0.25) is 0 Å². The Labute approximate surface area is 266 Å². The number of nitrogens with one attached hydrogen (secondary N) is 1. The Morgan fingerprint density at radius 3 is 2.57 bits per heavy atom. The minimum atomic E-state index is -4.64. The van der Waals surface area contributed by atoms with Crippen LogP contribution in [0.1, 0.15) is 65.5 Å². The van der Waals surface area contributed by atoms with Crippen LogP contribution in [0.25, 0.3) is 27.7 Å². The zero-order valence-corrected chi connectivity index (χ0v) is 25.9. The van der Waals surface area contributed by atoms with Gasteiger partial charge in [0, 0.05) is 53.5 Å². The maximum atomic E-state index is 13.8. The summed E-state index contributed by atoms with van der Waals surface area (Å²) in [5, 5.41) is 4.60. The van der Waals surface area contributed by atoms with Crippen molar-refractivity contribution in [1.82, 2.24) is 19.8 Å². The summed E-state index contributed by atoms with van der Waals surface area (Å²) in [6, 6.07) is 9.34. The second kappa shape index (κ2) is 11.3. The van der Waals surface area contributed by atoms with Gasteiger partial charge in [-0.1, -0.05) is 11.2 Å². The summed E-state index contributed by atoms with van der Waals surface area (Å²) in [6.45, 7) is 0.208. The number of rotatable bonds is 8. The summed E-state index contributed by atoms with van der Waals surface area (Å²) in [6.07, 6.45) is 3.58. The number of alkyl halides is 4. The van der Waals surface area contributed by atoms with Crippen molar-refractivity contribution in [2.24, 2.45) is 5.41 Å². The Bertz CT molecular complexity index is 2030. The van der Waals surface area contributed by atoms with Gasteiger partial charge in [-0.15, -0.1) is 0 Å². The lowest BCUT2D eigenvalue weighted by Crippen LogP contribution is -2.42. The number of benzene rings is 1. The Morgan fingerprint density at radius 1 is 1.17 bits per heavy atom. The smallest absolute Gasteiger partial charge is 0.434 e. The van der Waals surface area contributed by atoms with Crippen molar-refractivity contribution >= 4 is 38.1 Å². The van der Waals surface area contributed by atoms with Crippen LogP contribution in [-0.4, -0.2) is 55.7 Å². The van der Waals surface area contributed by atoms with E-state index in [1.807, 2.05) is 10.8 Å². The number of carbonyl (C=O) groups excluding carboxylic acids is 1. The molecule has 15 heteroatoms. The van der Waals surface area contributed by atoms with E-state index in [-0.39, 0.29) is 34.0 Å². The molecule has 1 N–H and O–H groups in total. The van der Waals surface area contributed by atoms with E-state index in [4.69, 9.17) is 9.26 Å². The third-order valence-electron chi connectivity index (χ3n) is 8.94. The van der Waals surface area contributed by atoms with Gasteiger partial charge < -0.3 is 14.2 Å². The molecule has 1 amide bonds. The van der Waals surface area contributed by atoms with Crippen LogP contribution in [0.5, 0.6) is 5.75 Å². The first kappa shape index (κ1) is 31.1. The SMILES string of the molecule is CS(=O)(=O)NC(=O)c1cc(OCF)c2cc(N3CCC4(C=C(c5c(-c6cccnc6C(F)(F)F)noc5C5CC5)C4)CC3)ccc2n1. The number of hydrogen-bond donors (Lipinski definition) is 1. The molecule has 7 rings (SSSR count). The molecule has 0 unspecified atom stereocenters. The molecule has 4 heterocycles. The summed E-state index contributed by atoms with van der Waals surface area (Å²) >= 11 is 0. The topological polar surface area (TPSA) is 128 Å². The van der Waals surface area contributed by atoms with E-state index in [1.165, 1.54) is 18.2 Å². The lowest BCUT2D eigenvalue weighted by atomic mass is 9.63. The first-order chi connectivity index (χ1) is 22.3. The molecule has 1 saturated carbocycles. The average molecular weight is 672 g/mol. The number of allylic oxidation sites excluding steroid dienone is 2. The third kappa shape index (κ3) is 6.03. The highest BCUT2D eigenvalue weighted by atomic mass is 32.2. The summed E-state index contributed by atoms with van der Waals surface area (Å²) in [5.41, 5.74) is 1.52. The molecule has 47 heavy (non-hydrogen) atoms. The van der Waals surface area contributed by atoms with E-state index in [2.05, 4.69) is 26.1 Å². The number of hydrogen-bond acceptors (Lipinski definition) is 9. The van der Waals surface area contributed by atoms with E-state index < -0.39 is 34.7 Å². The van der Waals surface area contributed by atoms with Gasteiger partial charge in [-0.2, -0.15) is 13.2 Å². The third-order valence-corrected chi connectivity index (χ3v) is 9.50. The van der Waals surface area contributed by atoms with Crippen molar-refractivity contribution < 1.29 is 40.0 Å². The summed E-state index contributed by atoms with van der Waals surface area (Å²) in [5.74, 6) is -0.115. The fourth-order valence-electron chi connectivity index (χ4n) is 6.55. The molecular formula is C32H29F4N5O5S. The maximum Gasteiger partial charge on any atom is 0.434 e. The van der Waals surface area contributed by atoms with Gasteiger partial charge in [0.1, 0.15) is 22.9 Å². The van der Waals surface area contributed by atoms with Crippen LogP contribution in [0.3, 0.4) is 0 Å². The zero-order chi connectivity index (χ0) is 33.1. The van der Waals surface area contributed by atoms with E-state index in [9.17, 15) is 30.8 Å². The number of anilines is 1. The standard InChI is InChI=1S/C32H29F4N5O5S/c1-47(43,44)40-30(42)24-14-25(45-17-33)22-13-20(6-7-23(22)38-24)41-11-8-31(9-12-41)15-19(16-31)26-27(39-46-28(26)18-4-5-18)21-3-2-10-37-29(21)32(34,35)36/h2-3,6-7,10,13-15,18H,4-5,8-9,11-12,16-17H2,1H3,(H,40,42). The molecule has 1 spiro atoms. The molecule has 2 fully saturated rings. The van der Waals surface area contributed by atoms with Crippen LogP contribution in [-0.2, 0) is 16.2 Å². The molecule has 246 valence electrons. The van der Waals surface area contributed by atoms with Gasteiger partial charge >= 0.3 is 6.18 Å². The average Bonchev–Trinajstić information content (AvgIpc) is 3.76. The van der Waals surface area contributed by atoms with Crippen LogP contribution in [0, 0.1) is 5.41 Å². The number of amides is 1. The molecule has 10 nitrogen and oxygen atoms in total. The second-order valence-corrected chi connectivity index (χ2v) is 14.1. The zero-order valence-electron chi connectivity index (χ0n) is 25.1. The number of aromatic nitrogens is 3. The van der Waals surface area contributed by atoms with Gasteiger partial charge in [0.25, 0.3) is 5.91 Å². The van der Waals surface area contributed by atoms with Gasteiger partial charge in [0.05, 0.1) is 11.8 Å². The molecule has 1 saturated heterocycles. The first-order valence-corrected chi connectivity index (χ1v) is 16.9. The highest BCUT2D eigenvalue weighted by Gasteiger charge is 2.45. The lowest BCUT2D eigenvalue weighted by molar-refractivity contribution is -0.140. The molecule has 4 aromatic rings. The van der Waals surface area contributed by atoms with Crippen LogP contribution >= 0.6 is 0 Å². The quantitative estimate of drug-likeness (QED) is 0.216. The van der Waals surface area contributed by atoms with Gasteiger partial charge in [-0.05, 0) is 73.4 Å². The highest BCUT2D eigenvalue weighted by molar-refractivity contribution is 7.89. The van der Waals surface area contributed by atoms with E-state index in [0.29, 0.717) is 41.7 Å². The number of sulfonamides is 1. The Hall–Kier alpha value is -4.53. The molecule has 0 radical (unpaired) electrons. The van der Waals surface area contributed by atoms with Gasteiger partial charge in [-0.25, -0.2) is 22.5 Å². The summed E-state index contributed by atoms with van der Waals surface area (Å²) in [7, 11) is -3.84. The predicted molar refractivity (Wildman–Crippen MR) is 164 cm³/mol. The Kier molecular flexibility index (Phi) is 7.49. The fourth-order valence-corrected chi connectivity index (χ4v) is 6.99. The van der Waals surface area contributed by atoms with Crippen molar-refractivity contribution in [3.05, 3.63) is 71.4 Å². The molecule has 0 bridgehead atoms. The number of fused-ring (bicyclic) bond motifs is 1. The molecule has 0 atom stereocenters. The molecule has 3 aliphatic rings. The largest absolute Gasteiger partial charge is 0.462 e. The van der Waals surface area contributed by atoms with Crippen molar-refractivity contribution in [3.8, 4) is 17.0 Å². The number of piperidine rings is 1. The van der Waals surface area contributed by atoms with Crippen LogP contribution in [0.4, 0.5) is 23.2 Å². The number of ether oxygens (including phenoxy) is 1. The van der Waals surface area contributed by atoms with Gasteiger partial charge in [-0.3, -0.25) is 9.78 Å². The van der Waals surface area contributed by atoms with Crippen LogP contribution in [0.15, 0.2) is 53.2 Å². The predicted octanol–water partition coefficient (Wildman–Crippen LogP) is 6.25. The Morgan fingerprint density at radius 2 is 1.91 bits per heavy atom. The van der Waals surface area contributed by atoms with Crippen molar-refractivity contribution in [3.63, 3.8) is 0 Å². The number of pyridine rings is 2. The molecule has 1 aliphatic heterocycles. The minimum Gasteiger partial charge on any atom is -0.462 e. The number of nitrogens with zero attached hydrogens (tertiary/aromatic N) is 4. The van der Waals surface area contributed by atoms with Gasteiger partial charge in [0.15, 0.2) is 5.69 Å². The number of halogens is 4. The fraction of sp³-hybridized carbons (Fsp3) is 0.375. The van der Waals surface area contributed by atoms with Crippen molar-refractivity contribution in [2.45, 2.75) is 44.2 Å². The summed E-state index contributed by atoms with van der Waals surface area (Å²) in [4.78, 5) is 22.4. The Balaban J connectivity index is 1.12. The van der Waals surface area contributed by atoms with E-state index in [0.717, 1.165) is 49.4 Å². The molecule has 3 aromatic heterocycles. The molecule has 2 aliphatic carbocycles. The van der Waals surface area contributed by atoms with Gasteiger partial charge in [0.2, 0.25) is 16.9 Å². The molecule has 1 aromatic carbocycles. The first-order valence-electron chi connectivity index (χ1n) is 15.0. The van der Waals surface area contributed by atoms with Crippen molar-refractivity contribution in [2.75, 3.05) is 31.1 Å². The lowest BCUT2D eigenvalue weighted by Gasteiger charge is -2.47. The highest BCUT2D eigenvalue weighted by Crippen LogP contribution is 2.56. The van der Waals surface area contributed by atoms with E-state index >= 15 is 0 Å². The number of carbonyl (C=O) groups is 1. The summed E-state index contributed by atoms with van der Waals surface area (Å²) < 4.78 is 90.5. The van der Waals surface area contributed by atoms with Crippen molar-refractivity contribution in [1.29, 1.82) is 0 Å². The second-order valence-electron chi connectivity index (χ2n) is 12.3. The maximum absolute atomic E-state index is 13.8. The van der Waals surface area contributed by atoms with E-state index in [1.54, 1.807) is 12.1 Å². The molecular weight excluding hydrogens is 642 g/mol. The minimum absolute atomic E-state index is 0.0522. The monoisotopic (exact) mass is 671 g/mol. The normalized spacial score (nSPS) is 17.8. The van der Waals surface area contributed by atoms with Crippen LogP contribution < -0.4 is 14.4 Å².